The normalized spacial score (nSPS) is 20.1. The Labute approximate surface area is 204 Å². The Morgan fingerprint density at radius 3 is 2.26 bits per heavy atom. The second-order valence-corrected chi connectivity index (χ2v) is 9.08. The first kappa shape index (κ1) is 22.7. The number of hydrogen-bond acceptors (Lipinski definition) is 4. The number of fused-ring (bicyclic) bond motifs is 1. The molecule has 0 saturated heterocycles. The van der Waals surface area contributed by atoms with Crippen LogP contribution in [0, 0.1) is 0 Å². The Kier molecular flexibility index (Phi) is 5.57. The predicted octanol–water partition coefficient (Wildman–Crippen LogP) is 6.36. The van der Waals surface area contributed by atoms with Crippen LogP contribution < -0.4 is 5.73 Å². The number of guanidine groups is 1. The molecule has 0 aliphatic carbocycles. The van der Waals surface area contributed by atoms with E-state index >= 15 is 0 Å². The fourth-order valence-corrected chi connectivity index (χ4v) is 5.06. The van der Waals surface area contributed by atoms with Crippen LogP contribution in [0.1, 0.15) is 23.1 Å². The lowest BCUT2D eigenvalue weighted by atomic mass is 9.80. The Balaban J connectivity index is 1.76. The van der Waals surface area contributed by atoms with Gasteiger partial charge in [-0.1, -0.05) is 53.5 Å². The third-order valence-electron chi connectivity index (χ3n) is 6.02. The van der Waals surface area contributed by atoms with Crippen LogP contribution in [0.4, 0.5) is 13.2 Å². The molecule has 2 aliphatic rings. The van der Waals surface area contributed by atoms with Crippen LogP contribution in [-0.2, 0) is 11.7 Å². The van der Waals surface area contributed by atoms with Crippen molar-refractivity contribution < 1.29 is 13.2 Å². The first-order valence-corrected chi connectivity index (χ1v) is 11.4. The highest BCUT2D eigenvalue weighted by atomic mass is 35.5. The summed E-state index contributed by atoms with van der Waals surface area (Å²) in [6, 6.07) is 17.8. The van der Waals surface area contributed by atoms with E-state index in [1.54, 1.807) is 29.2 Å². The van der Waals surface area contributed by atoms with Crippen LogP contribution >= 0.6 is 23.2 Å². The van der Waals surface area contributed by atoms with Crippen molar-refractivity contribution in [3.05, 3.63) is 93.5 Å². The van der Waals surface area contributed by atoms with Crippen LogP contribution in [0.25, 0.3) is 11.1 Å². The average Bonchev–Trinajstić information content (AvgIpc) is 3.12. The lowest BCUT2D eigenvalue weighted by Gasteiger charge is -2.33. The Morgan fingerprint density at radius 1 is 0.882 bits per heavy atom. The minimum atomic E-state index is -4.50. The highest BCUT2D eigenvalue weighted by Gasteiger charge is 2.49. The molecule has 34 heavy (non-hydrogen) atoms. The van der Waals surface area contributed by atoms with Gasteiger partial charge in [-0.3, -0.25) is 9.89 Å². The number of rotatable bonds is 3. The van der Waals surface area contributed by atoms with E-state index in [2.05, 4.69) is 0 Å². The standard InChI is InChI=1S/C25H19Cl2F3N4/c26-20-11-16(12-21(27)14-20)15-4-1-5-17(10-15)24(18-6-2-7-19(13-18)25(28,29)30)22-32-8-3-9-34(22)23(31)33-24/h1-2,4-7,10-14H,3,8-9H2,(H2,31,33). The molecule has 3 aromatic carbocycles. The third-order valence-corrected chi connectivity index (χ3v) is 6.46. The number of benzene rings is 3. The van der Waals surface area contributed by atoms with E-state index in [0.29, 0.717) is 40.1 Å². The van der Waals surface area contributed by atoms with E-state index in [9.17, 15) is 13.2 Å². The molecule has 1 unspecified atom stereocenters. The number of amidine groups is 1. The number of halogens is 5. The van der Waals surface area contributed by atoms with Crippen molar-refractivity contribution in [2.45, 2.75) is 18.1 Å². The molecule has 9 heteroatoms. The molecule has 0 fully saturated rings. The van der Waals surface area contributed by atoms with Crippen molar-refractivity contribution in [1.82, 2.24) is 4.90 Å². The van der Waals surface area contributed by atoms with E-state index in [1.165, 1.54) is 6.07 Å². The second-order valence-electron chi connectivity index (χ2n) is 8.21. The molecule has 0 radical (unpaired) electrons. The molecule has 0 aromatic heterocycles. The van der Waals surface area contributed by atoms with Gasteiger partial charge in [0.2, 0.25) is 0 Å². The van der Waals surface area contributed by atoms with Gasteiger partial charge in [0.05, 0.1) is 5.56 Å². The van der Waals surface area contributed by atoms with Gasteiger partial charge in [-0.05, 0) is 65.1 Å². The average molecular weight is 503 g/mol. The quantitative estimate of drug-likeness (QED) is 0.453. The zero-order valence-corrected chi connectivity index (χ0v) is 19.3. The molecule has 5 rings (SSSR count). The van der Waals surface area contributed by atoms with E-state index < -0.39 is 17.3 Å². The predicted molar refractivity (Wildman–Crippen MR) is 129 cm³/mol. The number of hydrogen-bond donors (Lipinski definition) is 1. The Hall–Kier alpha value is -3.03. The highest BCUT2D eigenvalue weighted by molar-refractivity contribution is 6.35. The minimum Gasteiger partial charge on any atom is -0.369 e. The molecular formula is C25H19Cl2F3N4. The van der Waals surface area contributed by atoms with Gasteiger partial charge in [-0.15, -0.1) is 0 Å². The van der Waals surface area contributed by atoms with Crippen LogP contribution in [0.2, 0.25) is 10.0 Å². The minimum absolute atomic E-state index is 0.229. The molecule has 0 amide bonds. The monoisotopic (exact) mass is 502 g/mol. The van der Waals surface area contributed by atoms with E-state index in [0.717, 1.165) is 29.7 Å². The molecule has 174 valence electrons. The molecule has 2 heterocycles. The van der Waals surface area contributed by atoms with Crippen molar-refractivity contribution >= 4 is 35.0 Å². The van der Waals surface area contributed by atoms with E-state index in [1.807, 2.05) is 24.3 Å². The molecule has 3 aromatic rings. The van der Waals surface area contributed by atoms with Crippen LogP contribution in [0.3, 0.4) is 0 Å². The number of nitrogens with zero attached hydrogens (tertiary/aromatic N) is 3. The van der Waals surface area contributed by atoms with Gasteiger partial charge in [0.15, 0.2) is 11.5 Å². The molecular weight excluding hydrogens is 484 g/mol. The SMILES string of the molecule is NC1=NC(c2cccc(-c3cc(Cl)cc(Cl)c3)c2)(c2cccc(C(F)(F)F)c2)C2=NCCCN12. The van der Waals surface area contributed by atoms with Crippen molar-refractivity contribution in [2.24, 2.45) is 15.7 Å². The number of alkyl halides is 3. The van der Waals surface area contributed by atoms with Gasteiger partial charge < -0.3 is 5.73 Å². The fraction of sp³-hybridized carbons (Fsp3) is 0.200. The fourth-order valence-electron chi connectivity index (χ4n) is 4.54. The molecule has 0 saturated carbocycles. The Morgan fingerprint density at radius 2 is 1.56 bits per heavy atom. The van der Waals surface area contributed by atoms with Crippen LogP contribution in [-0.4, -0.2) is 29.8 Å². The lowest BCUT2D eigenvalue weighted by Crippen LogP contribution is -2.46. The number of aliphatic imine (C=N–C) groups is 2. The maximum absolute atomic E-state index is 13.6. The summed E-state index contributed by atoms with van der Waals surface area (Å²) in [7, 11) is 0. The summed E-state index contributed by atoms with van der Waals surface area (Å²) >= 11 is 12.4. The van der Waals surface area contributed by atoms with E-state index in [4.69, 9.17) is 38.9 Å². The summed E-state index contributed by atoms with van der Waals surface area (Å²) < 4.78 is 40.9. The Bertz CT molecular complexity index is 1320. The zero-order chi connectivity index (χ0) is 24.1. The van der Waals surface area contributed by atoms with Gasteiger partial charge in [0.25, 0.3) is 0 Å². The summed E-state index contributed by atoms with van der Waals surface area (Å²) in [6.45, 7) is 1.14. The highest BCUT2D eigenvalue weighted by Crippen LogP contribution is 2.44. The summed E-state index contributed by atoms with van der Waals surface area (Å²) in [4.78, 5) is 11.2. The summed E-state index contributed by atoms with van der Waals surface area (Å²) in [6.07, 6.45) is -3.72. The molecule has 1 atom stereocenters. The van der Waals surface area contributed by atoms with Crippen molar-refractivity contribution in [3.63, 3.8) is 0 Å². The topological polar surface area (TPSA) is 54.0 Å². The molecule has 2 aliphatic heterocycles. The smallest absolute Gasteiger partial charge is 0.369 e. The molecule has 0 bridgehead atoms. The lowest BCUT2D eigenvalue weighted by molar-refractivity contribution is -0.137. The largest absolute Gasteiger partial charge is 0.416 e. The summed E-state index contributed by atoms with van der Waals surface area (Å²) in [5.74, 6) is 0.754. The van der Waals surface area contributed by atoms with Gasteiger partial charge in [-0.2, -0.15) is 13.2 Å². The van der Waals surface area contributed by atoms with Crippen LogP contribution in [0.5, 0.6) is 0 Å². The maximum Gasteiger partial charge on any atom is 0.416 e. The summed E-state index contributed by atoms with van der Waals surface area (Å²) in [5.41, 5.74) is 6.77. The first-order chi connectivity index (χ1) is 16.2. The third kappa shape index (κ3) is 3.83. The first-order valence-electron chi connectivity index (χ1n) is 10.6. The van der Waals surface area contributed by atoms with Crippen molar-refractivity contribution in [1.29, 1.82) is 0 Å². The molecule has 0 spiro atoms. The van der Waals surface area contributed by atoms with Crippen molar-refractivity contribution in [2.75, 3.05) is 13.1 Å². The van der Waals surface area contributed by atoms with E-state index in [-0.39, 0.29) is 5.96 Å². The number of nitrogens with two attached hydrogens (primary N) is 1. The summed E-state index contributed by atoms with van der Waals surface area (Å²) in [5, 5.41) is 0.956. The maximum atomic E-state index is 13.6. The van der Waals surface area contributed by atoms with Gasteiger partial charge in [0.1, 0.15) is 5.84 Å². The second kappa shape index (κ2) is 8.32. The van der Waals surface area contributed by atoms with Crippen LogP contribution in [0.15, 0.2) is 76.7 Å². The molecule has 2 N–H and O–H groups in total. The van der Waals surface area contributed by atoms with Gasteiger partial charge >= 0.3 is 6.18 Å². The molecule has 4 nitrogen and oxygen atoms in total. The van der Waals surface area contributed by atoms with Gasteiger partial charge in [-0.25, -0.2) is 4.99 Å². The van der Waals surface area contributed by atoms with Gasteiger partial charge in [0, 0.05) is 23.1 Å². The zero-order valence-electron chi connectivity index (χ0n) is 17.8. The van der Waals surface area contributed by atoms with Crippen molar-refractivity contribution in [3.8, 4) is 11.1 Å².